The minimum absolute atomic E-state index is 0.141. The Kier molecular flexibility index (Phi) is 13.5. The summed E-state index contributed by atoms with van der Waals surface area (Å²) in [6.45, 7) is 16.1. The van der Waals surface area contributed by atoms with Crippen molar-refractivity contribution in [2.45, 2.75) is 144 Å². The van der Waals surface area contributed by atoms with Gasteiger partial charge < -0.3 is 33.8 Å². The zero-order valence-corrected chi connectivity index (χ0v) is 30.0. The van der Waals surface area contributed by atoms with Crippen LogP contribution in [0.2, 0.25) is 0 Å². The van der Waals surface area contributed by atoms with E-state index < -0.39 is 44.1 Å². The second-order valence-electron chi connectivity index (χ2n) is 14.4. The summed E-state index contributed by atoms with van der Waals surface area (Å²) in [7, 11) is -4.98. The van der Waals surface area contributed by atoms with Crippen molar-refractivity contribution in [1.82, 2.24) is 0 Å². The normalized spacial score (nSPS) is 23.0. The molecule has 0 saturated heterocycles. The predicted molar refractivity (Wildman–Crippen MR) is 177 cm³/mol. The molecule has 46 heavy (non-hydrogen) atoms. The number of hydrogen-bond donors (Lipinski definition) is 4. The van der Waals surface area contributed by atoms with Gasteiger partial charge in [-0.25, -0.2) is 9.36 Å². The molecule has 0 radical (unpaired) electrons. The average Bonchev–Trinajstić information content (AvgIpc) is 3.25. The number of phosphoric acid groups is 1. The van der Waals surface area contributed by atoms with Gasteiger partial charge in [0.25, 0.3) is 0 Å². The lowest BCUT2D eigenvalue weighted by Gasteiger charge is -2.38. The summed E-state index contributed by atoms with van der Waals surface area (Å²) < 4.78 is 35.1. The zero-order valence-electron chi connectivity index (χ0n) is 29.1. The van der Waals surface area contributed by atoms with Gasteiger partial charge in [0.05, 0.1) is 6.61 Å². The van der Waals surface area contributed by atoms with Crippen LogP contribution in [0.1, 0.15) is 121 Å². The van der Waals surface area contributed by atoms with Crippen molar-refractivity contribution in [3.05, 3.63) is 33.8 Å². The van der Waals surface area contributed by atoms with E-state index in [0.717, 1.165) is 48.0 Å². The largest absolute Gasteiger partial charge is 0.584 e. The highest BCUT2D eigenvalue weighted by Crippen LogP contribution is 2.53. The summed E-state index contributed by atoms with van der Waals surface area (Å²) in [5.41, 5.74) is 2.58. The molecule has 0 aromatic heterocycles. The van der Waals surface area contributed by atoms with Crippen LogP contribution in [-0.4, -0.2) is 50.6 Å². The van der Waals surface area contributed by atoms with Crippen LogP contribution in [0.4, 0.5) is 0 Å². The van der Waals surface area contributed by atoms with Crippen molar-refractivity contribution in [1.29, 1.82) is 0 Å². The van der Waals surface area contributed by atoms with Gasteiger partial charge in [-0.05, 0) is 87.8 Å². The molecular formula is C35H57O10P. The fourth-order valence-electron chi connectivity index (χ4n) is 6.56. The van der Waals surface area contributed by atoms with Gasteiger partial charge in [-0.3, -0.25) is 4.89 Å². The highest BCUT2D eigenvalue weighted by Gasteiger charge is 2.45. The number of benzene rings is 1. The highest BCUT2D eigenvalue weighted by molar-refractivity contribution is 7.48. The summed E-state index contributed by atoms with van der Waals surface area (Å²) in [5, 5.41) is 29.2. The van der Waals surface area contributed by atoms with Gasteiger partial charge >= 0.3 is 13.8 Å². The molecule has 3 rings (SSSR count). The van der Waals surface area contributed by atoms with Crippen molar-refractivity contribution < 1.29 is 48.1 Å². The van der Waals surface area contributed by atoms with Gasteiger partial charge in [-0.1, -0.05) is 72.6 Å². The quantitative estimate of drug-likeness (QED) is 0.0905. The SMILES string of the molecule is Cc1c(C)c2c(c(C)c1OP(=O)(O)OC1=C(O)C(=O)O[C@@H]1[C@@H](O)CO)CC[C@@](C)(CCC[C@H](C)CCC[C@H](C)CCCC(C)C)O2. The molecule has 0 fully saturated rings. The van der Waals surface area contributed by atoms with Gasteiger partial charge in [0.15, 0.2) is 6.10 Å². The first kappa shape index (κ1) is 38.2. The first-order valence-corrected chi connectivity index (χ1v) is 18.4. The van der Waals surface area contributed by atoms with Crippen molar-refractivity contribution >= 4 is 13.8 Å². The van der Waals surface area contributed by atoms with Gasteiger partial charge in [-0.15, -0.1) is 0 Å². The summed E-state index contributed by atoms with van der Waals surface area (Å²) in [6, 6.07) is 0. The summed E-state index contributed by atoms with van der Waals surface area (Å²) in [4.78, 5) is 22.4. The Morgan fingerprint density at radius 1 is 0.935 bits per heavy atom. The van der Waals surface area contributed by atoms with Crippen molar-refractivity contribution in [2.75, 3.05) is 6.61 Å². The molecule has 0 spiro atoms. The molecule has 6 atom stereocenters. The van der Waals surface area contributed by atoms with E-state index in [1.807, 2.05) is 6.92 Å². The molecule has 0 amide bonds. The van der Waals surface area contributed by atoms with Crippen molar-refractivity contribution in [3.63, 3.8) is 0 Å². The summed E-state index contributed by atoms with van der Waals surface area (Å²) in [6.07, 6.45) is 9.21. The molecule has 2 aliphatic heterocycles. The average molecular weight is 669 g/mol. The molecule has 1 aromatic carbocycles. The van der Waals surface area contributed by atoms with E-state index in [2.05, 4.69) is 34.6 Å². The van der Waals surface area contributed by atoms with E-state index in [4.69, 9.17) is 18.5 Å². The first-order chi connectivity index (χ1) is 21.5. The summed E-state index contributed by atoms with van der Waals surface area (Å²) >= 11 is 0. The lowest BCUT2D eigenvalue weighted by atomic mass is 9.84. The van der Waals surface area contributed by atoms with Crippen LogP contribution in [0.3, 0.4) is 0 Å². The van der Waals surface area contributed by atoms with Crippen LogP contribution in [0, 0.1) is 38.5 Å². The van der Waals surface area contributed by atoms with Gasteiger partial charge in [0, 0.05) is 5.56 Å². The lowest BCUT2D eigenvalue weighted by molar-refractivity contribution is -0.147. The maximum atomic E-state index is 13.1. The number of aliphatic hydroxyl groups excluding tert-OH is 3. The molecule has 2 aliphatic rings. The molecule has 1 aromatic rings. The molecule has 0 bridgehead atoms. The number of carbonyl (C=O) groups excluding carboxylic acids is 1. The number of hydrogen-bond acceptors (Lipinski definition) is 9. The molecule has 0 aliphatic carbocycles. The fourth-order valence-corrected chi connectivity index (χ4v) is 7.54. The molecule has 11 heteroatoms. The van der Waals surface area contributed by atoms with Crippen LogP contribution in [0.15, 0.2) is 11.5 Å². The Morgan fingerprint density at radius 3 is 2.11 bits per heavy atom. The third-order valence-electron chi connectivity index (χ3n) is 9.71. The maximum absolute atomic E-state index is 13.1. The number of esters is 1. The Bertz CT molecular complexity index is 1290. The standard InChI is InChI=1S/C35H57O10P/c1-21(2)12-9-13-22(3)14-10-15-23(4)16-11-18-35(8)19-17-27-26(7)30(24(5)25(6)31(27)43-35)44-46(40,41)45-33-29(38)34(39)42-32(33)28(37)20-36/h21-23,28,32,36-38H,9-20H2,1-8H3,(H,40,41)/t22-,23-,28+,32-,35-/m1/s1. The third kappa shape index (κ3) is 9.88. The molecular weight excluding hydrogens is 611 g/mol. The Hall–Kier alpha value is -2.26. The number of cyclic esters (lactones) is 1. The van der Waals surface area contributed by atoms with E-state index in [-0.39, 0.29) is 11.4 Å². The lowest BCUT2D eigenvalue weighted by Crippen LogP contribution is -2.37. The van der Waals surface area contributed by atoms with Crippen LogP contribution in [0.25, 0.3) is 0 Å². The van der Waals surface area contributed by atoms with Crippen LogP contribution >= 0.6 is 7.82 Å². The van der Waals surface area contributed by atoms with Gasteiger partial charge in [0.2, 0.25) is 11.5 Å². The first-order valence-electron chi connectivity index (χ1n) is 16.9. The van der Waals surface area contributed by atoms with Gasteiger partial charge in [-0.2, -0.15) is 0 Å². The third-order valence-corrected chi connectivity index (χ3v) is 10.6. The van der Waals surface area contributed by atoms with E-state index in [1.54, 1.807) is 13.8 Å². The monoisotopic (exact) mass is 668 g/mol. The topological polar surface area (TPSA) is 152 Å². The minimum Gasteiger partial charge on any atom is -0.499 e. The van der Waals surface area contributed by atoms with Crippen LogP contribution in [-0.2, 0) is 25.0 Å². The van der Waals surface area contributed by atoms with Crippen molar-refractivity contribution in [3.8, 4) is 11.5 Å². The number of carbonyl (C=O) groups is 1. The number of ether oxygens (including phenoxy) is 2. The number of fused-ring (bicyclic) bond motifs is 1. The second-order valence-corrected chi connectivity index (χ2v) is 15.7. The van der Waals surface area contributed by atoms with E-state index in [1.165, 1.54) is 44.9 Å². The highest BCUT2D eigenvalue weighted by atomic mass is 31.2. The number of phosphoric ester groups is 1. The van der Waals surface area contributed by atoms with Crippen molar-refractivity contribution in [2.24, 2.45) is 17.8 Å². The Morgan fingerprint density at radius 2 is 1.52 bits per heavy atom. The Labute approximate surface area is 275 Å². The molecule has 4 N–H and O–H groups in total. The predicted octanol–water partition coefficient (Wildman–Crippen LogP) is 7.68. The summed E-state index contributed by atoms with van der Waals surface area (Å²) in [5.74, 6) is 0.0763. The molecule has 2 heterocycles. The minimum atomic E-state index is -4.98. The molecule has 1 unspecified atom stereocenters. The van der Waals surface area contributed by atoms with Crippen LogP contribution < -0.4 is 9.26 Å². The number of aliphatic hydroxyl groups is 3. The van der Waals surface area contributed by atoms with E-state index in [0.29, 0.717) is 23.5 Å². The number of rotatable bonds is 18. The maximum Gasteiger partial charge on any atom is 0.584 e. The smallest absolute Gasteiger partial charge is 0.499 e. The van der Waals surface area contributed by atoms with Gasteiger partial charge in [0.1, 0.15) is 23.2 Å². The molecule has 262 valence electrons. The molecule has 0 saturated carbocycles. The fraction of sp³-hybridized carbons (Fsp3) is 0.743. The Balaban J connectivity index is 1.60. The van der Waals surface area contributed by atoms with E-state index >= 15 is 0 Å². The van der Waals surface area contributed by atoms with Crippen LogP contribution in [0.5, 0.6) is 11.5 Å². The zero-order chi connectivity index (χ0) is 34.4. The molecule has 10 nitrogen and oxygen atoms in total. The van der Waals surface area contributed by atoms with E-state index in [9.17, 15) is 29.6 Å². The second kappa shape index (κ2) is 16.2.